The molecule has 264 valence electrons. The Bertz CT molecular complexity index is 3010. The molecule has 11 rings (SSSR count). The normalized spacial score (nSPS) is 11.7. The van der Waals surface area contributed by atoms with Crippen LogP contribution in [0.1, 0.15) is 0 Å². The van der Waals surface area contributed by atoms with Gasteiger partial charge in [-0.25, -0.2) is 0 Å². The van der Waals surface area contributed by atoms with Gasteiger partial charge in [0.15, 0.2) is 11.3 Å². The summed E-state index contributed by atoms with van der Waals surface area (Å²) in [5, 5.41) is 4.32. The monoisotopic (exact) mass is 718 g/mol. The van der Waals surface area contributed by atoms with Gasteiger partial charge in [-0.1, -0.05) is 140 Å². The smallest absolute Gasteiger partial charge is 0.159 e. The van der Waals surface area contributed by atoms with E-state index >= 15 is 0 Å². The van der Waals surface area contributed by atoms with E-state index < -0.39 is 0 Å². The number of rotatable bonds is 7. The fourth-order valence-electron chi connectivity index (χ4n) is 8.33. The number of furan rings is 1. The minimum Gasteiger partial charge on any atom is -0.454 e. The highest BCUT2D eigenvalue weighted by Gasteiger charge is 2.31. The molecule has 0 saturated carbocycles. The van der Waals surface area contributed by atoms with Crippen LogP contribution >= 0.6 is 0 Å². The first-order chi connectivity index (χ1) is 27.8. The highest BCUT2D eigenvalue weighted by atomic mass is 16.5. The number of anilines is 6. The number of para-hydroxylation sites is 4. The van der Waals surface area contributed by atoms with Crippen LogP contribution in [-0.4, -0.2) is 0 Å². The van der Waals surface area contributed by atoms with Gasteiger partial charge in [-0.05, 0) is 88.8 Å². The van der Waals surface area contributed by atoms with E-state index in [-0.39, 0.29) is 0 Å². The van der Waals surface area contributed by atoms with Crippen molar-refractivity contribution in [3.05, 3.63) is 206 Å². The first-order valence-electron chi connectivity index (χ1n) is 18.9. The van der Waals surface area contributed by atoms with Gasteiger partial charge in [0, 0.05) is 38.8 Å². The van der Waals surface area contributed by atoms with Crippen LogP contribution in [0.4, 0.5) is 34.1 Å². The highest BCUT2D eigenvalue weighted by Crippen LogP contribution is 2.57. The van der Waals surface area contributed by atoms with Crippen molar-refractivity contribution in [2.75, 3.05) is 9.80 Å². The molecule has 4 heteroatoms. The van der Waals surface area contributed by atoms with E-state index in [1.807, 2.05) is 12.1 Å². The molecule has 1 aromatic heterocycles. The zero-order valence-electron chi connectivity index (χ0n) is 30.3. The van der Waals surface area contributed by atoms with Crippen molar-refractivity contribution < 1.29 is 9.15 Å². The first kappa shape index (κ1) is 31.9. The molecule has 10 aromatic rings. The lowest BCUT2D eigenvalue weighted by molar-refractivity contribution is 0.488. The van der Waals surface area contributed by atoms with E-state index in [9.17, 15) is 0 Å². The minimum absolute atomic E-state index is 0.799. The predicted octanol–water partition coefficient (Wildman–Crippen LogP) is 15.1. The van der Waals surface area contributed by atoms with Crippen molar-refractivity contribution in [3.63, 3.8) is 0 Å². The lowest BCUT2D eigenvalue weighted by atomic mass is 9.92. The summed E-state index contributed by atoms with van der Waals surface area (Å²) in [6.45, 7) is 0. The van der Waals surface area contributed by atoms with E-state index in [4.69, 9.17) is 9.15 Å². The molecule has 0 radical (unpaired) electrons. The Morgan fingerprint density at radius 3 is 1.75 bits per heavy atom. The second kappa shape index (κ2) is 13.1. The van der Waals surface area contributed by atoms with E-state index in [1.165, 1.54) is 5.56 Å². The lowest BCUT2D eigenvalue weighted by Crippen LogP contribution is -2.14. The van der Waals surface area contributed by atoms with Gasteiger partial charge in [0.1, 0.15) is 11.3 Å². The van der Waals surface area contributed by atoms with Crippen molar-refractivity contribution in [1.82, 2.24) is 0 Å². The van der Waals surface area contributed by atoms with Crippen LogP contribution in [0.25, 0.3) is 55.0 Å². The molecule has 0 spiro atoms. The van der Waals surface area contributed by atoms with E-state index in [1.54, 1.807) is 0 Å². The zero-order valence-corrected chi connectivity index (χ0v) is 30.3. The van der Waals surface area contributed by atoms with Crippen molar-refractivity contribution in [1.29, 1.82) is 0 Å². The Balaban J connectivity index is 1.15. The Hall–Kier alpha value is -7.56. The van der Waals surface area contributed by atoms with Crippen molar-refractivity contribution >= 4 is 66.8 Å². The number of benzene rings is 9. The van der Waals surface area contributed by atoms with Gasteiger partial charge in [0.25, 0.3) is 0 Å². The summed E-state index contributed by atoms with van der Waals surface area (Å²) in [5.74, 6) is 1.60. The standard InChI is InChI=1S/C52H34N2O2/c1-4-15-35(16-5-1)36-29-32-40(33-30-36)54(45-26-13-23-42-41-22-10-11-27-47(41)55-51(42)45)46-34-31-37-17-12-24-43-49(37)52(46)56-48-28-14-25-44(50(43)48)53(38-18-6-2-7-19-38)39-20-8-3-9-21-39/h1-34H. The summed E-state index contributed by atoms with van der Waals surface area (Å²) >= 11 is 0. The van der Waals surface area contributed by atoms with Gasteiger partial charge in [0.05, 0.1) is 17.1 Å². The molecule has 0 fully saturated rings. The topological polar surface area (TPSA) is 28.9 Å². The molecule has 56 heavy (non-hydrogen) atoms. The maximum absolute atomic E-state index is 7.23. The fraction of sp³-hybridized carbons (Fsp3) is 0. The number of nitrogens with zero attached hydrogens (tertiary/aromatic N) is 2. The third-order valence-electron chi connectivity index (χ3n) is 10.8. The van der Waals surface area contributed by atoms with Gasteiger partial charge < -0.3 is 19.0 Å². The Morgan fingerprint density at radius 1 is 0.375 bits per heavy atom. The molecule has 2 heterocycles. The van der Waals surface area contributed by atoms with Crippen molar-refractivity contribution in [3.8, 4) is 33.8 Å². The number of hydrogen-bond donors (Lipinski definition) is 0. The summed E-state index contributed by atoms with van der Waals surface area (Å²) in [6.07, 6.45) is 0. The number of fused-ring (bicyclic) bond motifs is 5. The SMILES string of the molecule is c1ccc(-c2ccc(N(c3ccc4cccc5c4c3Oc3cccc(N(c4ccccc4)c4ccccc4)c3-5)c3cccc4c3oc3ccccc34)cc2)cc1. The second-order valence-electron chi connectivity index (χ2n) is 14.1. The largest absolute Gasteiger partial charge is 0.454 e. The van der Waals surface area contributed by atoms with Crippen LogP contribution in [-0.2, 0) is 0 Å². The van der Waals surface area contributed by atoms with Crippen molar-refractivity contribution in [2.45, 2.75) is 0 Å². The molecule has 0 N–H and O–H groups in total. The molecule has 4 nitrogen and oxygen atoms in total. The summed E-state index contributed by atoms with van der Waals surface area (Å²) in [4.78, 5) is 4.61. The molecule has 0 bridgehead atoms. The average Bonchev–Trinajstić information content (AvgIpc) is 3.66. The van der Waals surface area contributed by atoms with Crippen molar-refractivity contribution in [2.24, 2.45) is 0 Å². The Morgan fingerprint density at radius 2 is 0.982 bits per heavy atom. The molecule has 0 saturated heterocycles. The quantitative estimate of drug-likeness (QED) is 0.164. The minimum atomic E-state index is 0.799. The Labute approximate surface area is 324 Å². The molecule has 0 atom stereocenters. The van der Waals surface area contributed by atoms with Crippen LogP contribution in [0, 0.1) is 0 Å². The van der Waals surface area contributed by atoms with Crippen LogP contribution in [0.15, 0.2) is 211 Å². The summed E-state index contributed by atoms with van der Waals surface area (Å²) in [6, 6.07) is 72.3. The van der Waals surface area contributed by atoms with Crippen LogP contribution < -0.4 is 14.5 Å². The van der Waals surface area contributed by atoms with Gasteiger partial charge in [-0.15, -0.1) is 0 Å². The predicted molar refractivity (Wildman–Crippen MR) is 232 cm³/mol. The lowest BCUT2D eigenvalue weighted by Gasteiger charge is -2.33. The molecular weight excluding hydrogens is 685 g/mol. The zero-order chi connectivity index (χ0) is 37.0. The summed E-state index contributed by atoms with van der Waals surface area (Å²) in [5.41, 5.74) is 12.2. The molecule has 9 aromatic carbocycles. The Kier molecular flexibility index (Phi) is 7.46. The third-order valence-corrected chi connectivity index (χ3v) is 10.8. The number of ether oxygens (including phenoxy) is 1. The van der Waals surface area contributed by atoms with Gasteiger partial charge in [0.2, 0.25) is 0 Å². The maximum Gasteiger partial charge on any atom is 0.159 e. The molecule has 0 aliphatic carbocycles. The maximum atomic E-state index is 7.23. The molecule has 1 aliphatic heterocycles. The van der Waals surface area contributed by atoms with Gasteiger partial charge in [-0.2, -0.15) is 0 Å². The summed E-state index contributed by atoms with van der Waals surface area (Å²) in [7, 11) is 0. The molecule has 0 unspecified atom stereocenters. The van der Waals surface area contributed by atoms with E-state index in [2.05, 4.69) is 204 Å². The fourth-order valence-corrected chi connectivity index (χ4v) is 8.33. The average molecular weight is 719 g/mol. The summed E-state index contributed by atoms with van der Waals surface area (Å²) < 4.78 is 13.9. The number of hydrogen-bond acceptors (Lipinski definition) is 4. The first-order valence-corrected chi connectivity index (χ1v) is 18.9. The molecule has 0 amide bonds. The molecule has 1 aliphatic rings. The van der Waals surface area contributed by atoms with Crippen LogP contribution in [0.2, 0.25) is 0 Å². The van der Waals surface area contributed by atoms with Crippen LogP contribution in [0.5, 0.6) is 11.5 Å². The highest BCUT2D eigenvalue weighted by molar-refractivity contribution is 6.14. The van der Waals surface area contributed by atoms with Gasteiger partial charge in [-0.3, -0.25) is 0 Å². The second-order valence-corrected chi connectivity index (χ2v) is 14.1. The van der Waals surface area contributed by atoms with Gasteiger partial charge >= 0.3 is 0 Å². The third kappa shape index (κ3) is 5.15. The van der Waals surface area contributed by atoms with E-state index in [0.29, 0.717) is 0 Å². The van der Waals surface area contributed by atoms with Crippen LogP contribution in [0.3, 0.4) is 0 Å². The molecular formula is C52H34N2O2. The van der Waals surface area contributed by atoms with E-state index in [0.717, 1.165) is 95.0 Å².